The summed E-state index contributed by atoms with van der Waals surface area (Å²) < 4.78 is 48.7. The van der Waals surface area contributed by atoms with Gasteiger partial charge >= 0.3 is 6.18 Å². The summed E-state index contributed by atoms with van der Waals surface area (Å²) in [7, 11) is 0. The van der Waals surface area contributed by atoms with Gasteiger partial charge in [-0.15, -0.1) is 0 Å². The first-order valence-electron chi connectivity index (χ1n) is 4.37. The highest BCUT2D eigenvalue weighted by molar-refractivity contribution is 5.48. The van der Waals surface area contributed by atoms with E-state index in [9.17, 15) is 17.6 Å². The van der Waals surface area contributed by atoms with Crippen molar-refractivity contribution in [2.45, 2.75) is 20.0 Å². The number of benzene rings is 1. The van der Waals surface area contributed by atoms with Gasteiger partial charge in [0.25, 0.3) is 0 Å². The van der Waals surface area contributed by atoms with Crippen LogP contribution in [0.3, 0.4) is 0 Å². The van der Waals surface area contributed by atoms with Crippen molar-refractivity contribution in [2.75, 3.05) is 11.9 Å². The first-order valence-corrected chi connectivity index (χ1v) is 4.37. The molecule has 0 bridgehead atoms. The topological polar surface area (TPSA) is 12.0 Å². The van der Waals surface area contributed by atoms with Crippen molar-refractivity contribution in [3.8, 4) is 0 Å². The van der Waals surface area contributed by atoms with Crippen molar-refractivity contribution in [3.05, 3.63) is 29.1 Å². The molecule has 0 amide bonds. The highest BCUT2D eigenvalue weighted by atomic mass is 19.4. The van der Waals surface area contributed by atoms with E-state index in [1.54, 1.807) is 13.8 Å². The molecule has 0 spiro atoms. The maximum atomic E-state index is 13.1. The second kappa shape index (κ2) is 4.08. The summed E-state index contributed by atoms with van der Waals surface area (Å²) >= 11 is 0. The Bertz CT molecular complexity index is 334. The summed E-state index contributed by atoms with van der Waals surface area (Å²) in [6.07, 6.45) is -4.30. The van der Waals surface area contributed by atoms with Crippen LogP contribution in [0, 0.1) is 19.7 Å². The molecule has 1 rings (SSSR count). The monoisotopic (exact) mass is 221 g/mol. The molecule has 0 aromatic heterocycles. The van der Waals surface area contributed by atoms with E-state index in [2.05, 4.69) is 5.32 Å². The Morgan fingerprint density at radius 2 is 1.80 bits per heavy atom. The fourth-order valence-corrected chi connectivity index (χ4v) is 1.12. The summed E-state index contributed by atoms with van der Waals surface area (Å²) in [5, 5.41) is 2.13. The Morgan fingerprint density at radius 1 is 1.20 bits per heavy atom. The Morgan fingerprint density at radius 3 is 2.27 bits per heavy atom. The average molecular weight is 221 g/mol. The number of rotatable bonds is 2. The summed E-state index contributed by atoms with van der Waals surface area (Å²) in [6.45, 7) is 2.07. The van der Waals surface area contributed by atoms with Crippen molar-refractivity contribution >= 4 is 5.69 Å². The number of hydrogen-bond donors (Lipinski definition) is 1. The van der Waals surface area contributed by atoms with Gasteiger partial charge in [-0.25, -0.2) is 4.39 Å². The molecule has 0 atom stereocenters. The number of alkyl halides is 3. The first-order chi connectivity index (χ1) is 6.79. The maximum Gasteiger partial charge on any atom is 0.405 e. The van der Waals surface area contributed by atoms with Crippen LogP contribution in [0.4, 0.5) is 23.2 Å². The second-order valence-corrected chi connectivity index (χ2v) is 3.37. The van der Waals surface area contributed by atoms with E-state index in [1.807, 2.05) is 0 Å². The van der Waals surface area contributed by atoms with Gasteiger partial charge < -0.3 is 5.32 Å². The van der Waals surface area contributed by atoms with E-state index in [-0.39, 0.29) is 5.69 Å². The van der Waals surface area contributed by atoms with Crippen molar-refractivity contribution in [2.24, 2.45) is 0 Å². The van der Waals surface area contributed by atoms with Crippen LogP contribution >= 0.6 is 0 Å². The molecule has 0 fully saturated rings. The van der Waals surface area contributed by atoms with Crippen LogP contribution in [0.25, 0.3) is 0 Å². The van der Waals surface area contributed by atoms with E-state index in [4.69, 9.17) is 0 Å². The standard InChI is InChI=1S/C10H11F4N/c1-6-3-8(4-9(11)7(6)2)15-5-10(12,13)14/h3-4,15H,5H2,1-2H3. The van der Waals surface area contributed by atoms with Gasteiger partial charge in [0.15, 0.2) is 0 Å². The van der Waals surface area contributed by atoms with Crippen molar-refractivity contribution in [3.63, 3.8) is 0 Å². The quantitative estimate of drug-likeness (QED) is 0.754. The van der Waals surface area contributed by atoms with Crippen LogP contribution in [0.5, 0.6) is 0 Å². The zero-order valence-electron chi connectivity index (χ0n) is 8.37. The minimum atomic E-state index is -4.30. The fourth-order valence-electron chi connectivity index (χ4n) is 1.12. The van der Waals surface area contributed by atoms with Gasteiger partial charge in [-0.2, -0.15) is 13.2 Å². The Balaban J connectivity index is 2.80. The van der Waals surface area contributed by atoms with Crippen LogP contribution in [0.2, 0.25) is 0 Å². The fraction of sp³-hybridized carbons (Fsp3) is 0.400. The third-order valence-corrected chi connectivity index (χ3v) is 2.10. The van der Waals surface area contributed by atoms with Crippen LogP contribution in [0.1, 0.15) is 11.1 Å². The van der Waals surface area contributed by atoms with Crippen molar-refractivity contribution < 1.29 is 17.6 Å². The van der Waals surface area contributed by atoms with Gasteiger partial charge in [-0.3, -0.25) is 0 Å². The third-order valence-electron chi connectivity index (χ3n) is 2.10. The molecule has 0 heterocycles. The normalized spacial score (nSPS) is 11.6. The van der Waals surface area contributed by atoms with Crippen molar-refractivity contribution in [1.29, 1.82) is 0 Å². The molecule has 5 heteroatoms. The lowest BCUT2D eigenvalue weighted by molar-refractivity contribution is -0.115. The van der Waals surface area contributed by atoms with Crippen LogP contribution in [0.15, 0.2) is 12.1 Å². The molecule has 0 aliphatic heterocycles. The van der Waals surface area contributed by atoms with E-state index >= 15 is 0 Å². The lowest BCUT2D eigenvalue weighted by atomic mass is 10.1. The number of anilines is 1. The largest absolute Gasteiger partial charge is 0.405 e. The zero-order valence-corrected chi connectivity index (χ0v) is 8.37. The van der Waals surface area contributed by atoms with E-state index in [1.165, 1.54) is 6.07 Å². The minimum Gasteiger partial charge on any atom is -0.376 e. The maximum absolute atomic E-state index is 13.1. The highest BCUT2D eigenvalue weighted by Crippen LogP contribution is 2.20. The molecule has 0 saturated heterocycles. The molecule has 0 saturated carbocycles. The van der Waals surface area contributed by atoms with Crippen LogP contribution in [-0.4, -0.2) is 12.7 Å². The smallest absolute Gasteiger partial charge is 0.376 e. The number of halogens is 4. The molecule has 84 valence electrons. The van der Waals surface area contributed by atoms with Gasteiger partial charge in [0.1, 0.15) is 12.4 Å². The van der Waals surface area contributed by atoms with Gasteiger partial charge in [-0.1, -0.05) is 0 Å². The Kier molecular flexibility index (Phi) is 3.21. The predicted octanol–water partition coefficient (Wildman–Crippen LogP) is 3.42. The minimum absolute atomic E-state index is 0.146. The molecule has 0 aliphatic rings. The third kappa shape index (κ3) is 3.42. The van der Waals surface area contributed by atoms with E-state index in [0.29, 0.717) is 11.1 Å². The molecule has 1 nitrogen and oxygen atoms in total. The molecular weight excluding hydrogens is 210 g/mol. The number of aryl methyl sites for hydroxylation is 1. The van der Waals surface area contributed by atoms with Gasteiger partial charge in [0.2, 0.25) is 0 Å². The summed E-state index contributed by atoms with van der Waals surface area (Å²) in [5.74, 6) is -0.500. The van der Waals surface area contributed by atoms with Crippen LogP contribution in [-0.2, 0) is 0 Å². The van der Waals surface area contributed by atoms with Crippen molar-refractivity contribution in [1.82, 2.24) is 0 Å². The highest BCUT2D eigenvalue weighted by Gasteiger charge is 2.26. The van der Waals surface area contributed by atoms with Gasteiger partial charge in [0, 0.05) is 5.69 Å². The number of nitrogens with one attached hydrogen (secondary N) is 1. The summed E-state index contributed by atoms with van der Waals surface area (Å²) in [4.78, 5) is 0. The predicted molar refractivity (Wildman–Crippen MR) is 50.4 cm³/mol. The molecular formula is C10H11F4N. The molecule has 0 radical (unpaired) electrons. The Labute approximate surface area is 85.1 Å². The lowest BCUT2D eigenvalue weighted by Crippen LogP contribution is -2.21. The summed E-state index contributed by atoms with van der Waals surface area (Å²) in [5.41, 5.74) is 1.22. The van der Waals surface area contributed by atoms with Crippen LogP contribution < -0.4 is 5.32 Å². The summed E-state index contributed by atoms with van der Waals surface area (Å²) in [6, 6.07) is 2.55. The lowest BCUT2D eigenvalue weighted by Gasteiger charge is -2.11. The first kappa shape index (κ1) is 11.8. The molecule has 0 unspecified atom stereocenters. The molecule has 1 aromatic carbocycles. The van der Waals surface area contributed by atoms with Gasteiger partial charge in [0.05, 0.1) is 0 Å². The average Bonchev–Trinajstić information content (AvgIpc) is 2.09. The SMILES string of the molecule is Cc1cc(NCC(F)(F)F)cc(F)c1C. The molecule has 1 N–H and O–H groups in total. The molecule has 15 heavy (non-hydrogen) atoms. The Hall–Kier alpha value is -1.26. The van der Waals surface area contributed by atoms with Gasteiger partial charge in [-0.05, 0) is 37.1 Å². The second-order valence-electron chi connectivity index (χ2n) is 3.37. The zero-order chi connectivity index (χ0) is 11.6. The molecule has 0 aliphatic carbocycles. The molecule has 1 aromatic rings. The van der Waals surface area contributed by atoms with E-state index < -0.39 is 18.5 Å². The number of hydrogen-bond acceptors (Lipinski definition) is 1. The van der Waals surface area contributed by atoms with E-state index in [0.717, 1.165) is 6.07 Å².